The van der Waals surface area contributed by atoms with Crippen LogP contribution < -0.4 is 5.32 Å². The zero-order chi connectivity index (χ0) is 16.7. The highest BCUT2D eigenvalue weighted by Gasteiger charge is 2.29. The third-order valence-electron chi connectivity index (χ3n) is 5.07. The van der Waals surface area contributed by atoms with Crippen molar-refractivity contribution in [3.8, 4) is 0 Å². The van der Waals surface area contributed by atoms with Crippen LogP contribution >= 0.6 is 0 Å². The summed E-state index contributed by atoms with van der Waals surface area (Å²) in [6.45, 7) is 9.77. The second-order valence-electron chi connectivity index (χ2n) is 6.41. The number of β-amino-alcohol motifs (C(OH)–C–C–N with tert-alkyl or cyclic N) is 1. The van der Waals surface area contributed by atoms with Crippen LogP contribution in [0.15, 0.2) is 35.3 Å². The molecule has 2 rings (SSSR count). The number of guanidine groups is 1. The van der Waals surface area contributed by atoms with Crippen molar-refractivity contribution in [2.24, 2.45) is 4.99 Å². The first-order valence-electron chi connectivity index (χ1n) is 8.92. The van der Waals surface area contributed by atoms with Gasteiger partial charge in [0, 0.05) is 25.0 Å². The molecule has 1 atom stereocenters. The molecule has 4 heteroatoms. The van der Waals surface area contributed by atoms with E-state index in [1.807, 2.05) is 0 Å². The van der Waals surface area contributed by atoms with E-state index in [-0.39, 0.29) is 11.5 Å². The lowest BCUT2D eigenvalue weighted by molar-refractivity contribution is 0.187. The molecule has 1 aliphatic rings. The Bertz CT molecular complexity index is 497. The molecule has 0 spiro atoms. The first kappa shape index (κ1) is 17.8. The van der Waals surface area contributed by atoms with E-state index in [4.69, 9.17) is 4.99 Å². The maximum atomic E-state index is 9.79. The van der Waals surface area contributed by atoms with Gasteiger partial charge in [-0.3, -0.25) is 4.99 Å². The highest BCUT2D eigenvalue weighted by molar-refractivity contribution is 5.80. The van der Waals surface area contributed by atoms with Gasteiger partial charge in [-0.15, -0.1) is 0 Å². The minimum absolute atomic E-state index is 0.0836. The van der Waals surface area contributed by atoms with Gasteiger partial charge in [-0.2, -0.15) is 0 Å². The average Bonchev–Trinajstić information content (AvgIpc) is 3.02. The fraction of sp³-hybridized carbons (Fsp3) is 0.632. The van der Waals surface area contributed by atoms with Crippen LogP contribution in [0.25, 0.3) is 0 Å². The van der Waals surface area contributed by atoms with E-state index < -0.39 is 0 Å². The van der Waals surface area contributed by atoms with E-state index in [2.05, 4.69) is 61.3 Å². The molecule has 0 amide bonds. The molecule has 128 valence electrons. The summed E-state index contributed by atoms with van der Waals surface area (Å²) >= 11 is 0. The van der Waals surface area contributed by atoms with Crippen molar-refractivity contribution in [1.82, 2.24) is 10.2 Å². The van der Waals surface area contributed by atoms with Gasteiger partial charge in [0.15, 0.2) is 5.96 Å². The summed E-state index contributed by atoms with van der Waals surface area (Å²) in [5.74, 6) is 0.936. The van der Waals surface area contributed by atoms with E-state index in [0.717, 1.165) is 44.9 Å². The number of nitrogens with zero attached hydrogens (tertiary/aromatic N) is 2. The van der Waals surface area contributed by atoms with Gasteiger partial charge in [0.1, 0.15) is 0 Å². The number of aliphatic hydroxyl groups excluding tert-OH is 1. The molecule has 0 saturated carbocycles. The van der Waals surface area contributed by atoms with Gasteiger partial charge in [-0.1, -0.05) is 44.2 Å². The molecule has 0 radical (unpaired) electrons. The average molecular weight is 317 g/mol. The molecular formula is C19H31N3O. The van der Waals surface area contributed by atoms with Crippen LogP contribution in [0.1, 0.15) is 45.6 Å². The van der Waals surface area contributed by atoms with Crippen LogP contribution in [-0.4, -0.2) is 48.2 Å². The topological polar surface area (TPSA) is 47.9 Å². The molecule has 1 saturated heterocycles. The predicted molar refractivity (Wildman–Crippen MR) is 96.9 cm³/mol. The molecular weight excluding hydrogens is 286 g/mol. The summed E-state index contributed by atoms with van der Waals surface area (Å²) < 4.78 is 0. The summed E-state index contributed by atoms with van der Waals surface area (Å²) in [7, 11) is 0. The Morgan fingerprint density at radius 2 is 1.96 bits per heavy atom. The lowest BCUT2D eigenvalue weighted by atomic mass is 9.76. The third kappa shape index (κ3) is 4.25. The Hall–Kier alpha value is -1.55. The summed E-state index contributed by atoms with van der Waals surface area (Å²) in [6.07, 6.45) is 2.74. The van der Waals surface area contributed by atoms with Crippen LogP contribution in [-0.2, 0) is 5.41 Å². The van der Waals surface area contributed by atoms with Crippen molar-refractivity contribution >= 4 is 5.96 Å². The number of aliphatic hydroxyl groups is 1. The monoisotopic (exact) mass is 317 g/mol. The number of likely N-dealkylation sites (tertiary alicyclic amines) is 1. The molecule has 0 bridgehead atoms. The summed E-state index contributed by atoms with van der Waals surface area (Å²) in [5, 5.41) is 13.2. The Kier molecular flexibility index (Phi) is 6.46. The molecule has 1 aromatic rings. The number of benzene rings is 1. The SMILES string of the molecule is CCNC(=NCC(CC)(CC)c1ccccc1)N1CC[C@@H](O)C1. The van der Waals surface area contributed by atoms with Gasteiger partial charge in [0.25, 0.3) is 0 Å². The zero-order valence-corrected chi connectivity index (χ0v) is 14.8. The largest absolute Gasteiger partial charge is 0.391 e. The standard InChI is InChI=1S/C19H31N3O/c1-4-19(5-2,16-10-8-7-9-11-16)15-21-18(20-6-3)22-13-12-17(23)14-22/h7-11,17,23H,4-6,12-15H2,1-3H3,(H,20,21)/t17-/m1/s1. The van der Waals surface area contributed by atoms with Crippen molar-refractivity contribution < 1.29 is 5.11 Å². The van der Waals surface area contributed by atoms with Crippen molar-refractivity contribution in [1.29, 1.82) is 0 Å². The van der Waals surface area contributed by atoms with Crippen LogP contribution in [0.2, 0.25) is 0 Å². The minimum Gasteiger partial charge on any atom is -0.391 e. The third-order valence-corrected chi connectivity index (χ3v) is 5.07. The van der Waals surface area contributed by atoms with Crippen LogP contribution in [0.3, 0.4) is 0 Å². The lowest BCUT2D eigenvalue weighted by Gasteiger charge is -2.32. The fourth-order valence-electron chi connectivity index (χ4n) is 3.35. The van der Waals surface area contributed by atoms with E-state index in [9.17, 15) is 5.11 Å². The summed E-state index contributed by atoms with van der Waals surface area (Å²) in [5.41, 5.74) is 1.45. The minimum atomic E-state index is -0.227. The normalized spacial score (nSPS) is 19.2. The van der Waals surface area contributed by atoms with Crippen LogP contribution in [0.4, 0.5) is 0 Å². The van der Waals surface area contributed by atoms with Gasteiger partial charge in [-0.25, -0.2) is 0 Å². The van der Waals surface area contributed by atoms with E-state index >= 15 is 0 Å². The van der Waals surface area contributed by atoms with Gasteiger partial charge < -0.3 is 15.3 Å². The molecule has 1 fully saturated rings. The zero-order valence-electron chi connectivity index (χ0n) is 14.8. The highest BCUT2D eigenvalue weighted by atomic mass is 16.3. The van der Waals surface area contributed by atoms with Gasteiger partial charge >= 0.3 is 0 Å². The quantitative estimate of drug-likeness (QED) is 0.626. The second kappa shape index (κ2) is 8.34. The maximum Gasteiger partial charge on any atom is 0.194 e. The lowest BCUT2D eigenvalue weighted by Crippen LogP contribution is -2.41. The predicted octanol–water partition coefficient (Wildman–Crippen LogP) is 2.78. The molecule has 1 heterocycles. The van der Waals surface area contributed by atoms with Gasteiger partial charge in [-0.05, 0) is 31.7 Å². The van der Waals surface area contributed by atoms with Gasteiger partial charge in [0.2, 0.25) is 0 Å². The van der Waals surface area contributed by atoms with E-state index in [1.165, 1.54) is 5.56 Å². The first-order valence-corrected chi connectivity index (χ1v) is 8.92. The molecule has 1 aliphatic heterocycles. The fourth-order valence-corrected chi connectivity index (χ4v) is 3.35. The molecule has 1 aromatic carbocycles. The Morgan fingerprint density at radius 1 is 1.26 bits per heavy atom. The summed E-state index contributed by atoms with van der Waals surface area (Å²) in [6, 6.07) is 10.7. The number of hydrogen-bond donors (Lipinski definition) is 2. The maximum absolute atomic E-state index is 9.79. The molecule has 2 N–H and O–H groups in total. The molecule has 23 heavy (non-hydrogen) atoms. The number of nitrogens with one attached hydrogen (secondary N) is 1. The molecule has 0 unspecified atom stereocenters. The Morgan fingerprint density at radius 3 is 2.48 bits per heavy atom. The molecule has 0 aromatic heterocycles. The van der Waals surface area contributed by atoms with Crippen LogP contribution in [0, 0.1) is 0 Å². The van der Waals surface area contributed by atoms with Crippen molar-refractivity contribution in [2.45, 2.75) is 51.6 Å². The Balaban J connectivity index is 2.20. The number of aliphatic imine (C=N–C) groups is 1. The van der Waals surface area contributed by atoms with Crippen molar-refractivity contribution in [3.05, 3.63) is 35.9 Å². The smallest absolute Gasteiger partial charge is 0.194 e. The summed E-state index contributed by atoms with van der Waals surface area (Å²) in [4.78, 5) is 7.12. The van der Waals surface area contributed by atoms with Crippen LogP contribution in [0.5, 0.6) is 0 Å². The molecule has 0 aliphatic carbocycles. The number of hydrogen-bond acceptors (Lipinski definition) is 2. The second-order valence-corrected chi connectivity index (χ2v) is 6.41. The van der Waals surface area contributed by atoms with Crippen molar-refractivity contribution in [2.75, 3.05) is 26.2 Å². The number of rotatable bonds is 6. The van der Waals surface area contributed by atoms with Crippen molar-refractivity contribution in [3.63, 3.8) is 0 Å². The first-order chi connectivity index (χ1) is 11.1. The van der Waals surface area contributed by atoms with E-state index in [0.29, 0.717) is 6.54 Å². The Labute approximate surface area is 140 Å². The molecule has 4 nitrogen and oxygen atoms in total. The highest BCUT2D eigenvalue weighted by Crippen LogP contribution is 2.32. The van der Waals surface area contributed by atoms with E-state index in [1.54, 1.807) is 0 Å². The van der Waals surface area contributed by atoms with Gasteiger partial charge in [0.05, 0.1) is 12.6 Å².